The molecule has 0 aromatic heterocycles. The molecule has 1 aromatic rings. The normalized spacial score (nSPS) is 19.4. The molecule has 1 aromatic carbocycles. The van der Waals surface area contributed by atoms with E-state index in [9.17, 15) is 12.8 Å². The van der Waals surface area contributed by atoms with Gasteiger partial charge in [-0.3, -0.25) is 4.99 Å². The van der Waals surface area contributed by atoms with Crippen LogP contribution < -0.4 is 10.6 Å². The molecule has 6 nitrogen and oxygen atoms in total. The summed E-state index contributed by atoms with van der Waals surface area (Å²) in [7, 11) is 0.630. The first-order valence-corrected chi connectivity index (χ1v) is 10.9. The van der Waals surface area contributed by atoms with Gasteiger partial charge < -0.3 is 15.5 Å². The minimum atomic E-state index is -3.19. The van der Waals surface area contributed by atoms with Crippen LogP contribution in [0.4, 0.5) is 4.39 Å². The van der Waals surface area contributed by atoms with E-state index < -0.39 is 9.84 Å². The molecule has 1 aliphatic rings. The van der Waals surface area contributed by atoms with E-state index in [0.717, 1.165) is 19.6 Å². The van der Waals surface area contributed by atoms with E-state index in [-0.39, 0.29) is 11.6 Å². The van der Waals surface area contributed by atoms with E-state index in [1.54, 1.807) is 7.05 Å². The molecule has 8 heteroatoms. The Morgan fingerprint density at radius 2 is 2.12 bits per heavy atom. The number of benzene rings is 1. The van der Waals surface area contributed by atoms with E-state index in [4.69, 9.17) is 0 Å². The predicted molar refractivity (Wildman–Crippen MR) is 103 cm³/mol. The highest BCUT2D eigenvalue weighted by molar-refractivity contribution is 7.89. The van der Waals surface area contributed by atoms with Gasteiger partial charge in [0.25, 0.3) is 0 Å². The topological polar surface area (TPSA) is 73.8 Å². The number of sulfone groups is 1. The quantitative estimate of drug-likeness (QED) is 0.573. The Kier molecular flexibility index (Phi) is 7.40. The summed E-state index contributed by atoms with van der Waals surface area (Å²) in [5.74, 6) is 0.715. The molecule has 0 aliphatic carbocycles. The van der Waals surface area contributed by atoms with Crippen molar-refractivity contribution in [2.24, 2.45) is 10.9 Å². The zero-order valence-corrected chi connectivity index (χ0v) is 16.6. The fraction of sp³-hybridized carbons (Fsp3) is 0.611. The molecule has 2 N–H and O–H groups in total. The third kappa shape index (κ3) is 6.92. The second-order valence-corrected chi connectivity index (χ2v) is 9.20. The second-order valence-electron chi connectivity index (χ2n) is 7.06. The highest BCUT2D eigenvalue weighted by atomic mass is 32.2. The van der Waals surface area contributed by atoms with Crippen LogP contribution in [0.3, 0.4) is 0 Å². The number of guanidine groups is 1. The Morgan fingerprint density at radius 3 is 2.77 bits per heavy atom. The molecule has 2 rings (SSSR count). The summed E-state index contributed by atoms with van der Waals surface area (Å²) in [6.45, 7) is 3.34. The van der Waals surface area contributed by atoms with Crippen LogP contribution in [0.15, 0.2) is 23.2 Å². The van der Waals surface area contributed by atoms with Crippen molar-refractivity contribution < 1.29 is 12.8 Å². The van der Waals surface area contributed by atoms with Gasteiger partial charge in [-0.15, -0.1) is 0 Å². The van der Waals surface area contributed by atoms with E-state index >= 15 is 0 Å². The standard InChI is InChI=1S/C18H29FN4O2S/c1-20-18(21-10-14-5-4-8-23(2)12-14)22-11-16-9-17(19)7-6-15(16)13-26(3,24)25/h6-7,9,14H,4-5,8,10-13H2,1-3H3,(H2,20,21,22). The average molecular weight is 385 g/mol. The van der Waals surface area contributed by atoms with Gasteiger partial charge in [-0.05, 0) is 55.6 Å². The molecule has 1 heterocycles. The Balaban J connectivity index is 1.94. The molecule has 0 spiro atoms. The van der Waals surface area contributed by atoms with E-state index in [2.05, 4.69) is 27.6 Å². The van der Waals surface area contributed by atoms with Crippen LogP contribution in [-0.2, 0) is 22.1 Å². The molecule has 26 heavy (non-hydrogen) atoms. The molecule has 1 atom stereocenters. The minimum Gasteiger partial charge on any atom is -0.356 e. The lowest BCUT2D eigenvalue weighted by Gasteiger charge is -2.30. The van der Waals surface area contributed by atoms with E-state index in [1.165, 1.54) is 37.3 Å². The van der Waals surface area contributed by atoms with Crippen molar-refractivity contribution in [1.29, 1.82) is 0 Å². The summed E-state index contributed by atoms with van der Waals surface area (Å²) in [5, 5.41) is 6.47. The number of nitrogens with zero attached hydrogens (tertiary/aromatic N) is 2. The van der Waals surface area contributed by atoms with Crippen molar-refractivity contribution in [3.8, 4) is 0 Å². The highest BCUT2D eigenvalue weighted by Crippen LogP contribution is 2.15. The smallest absolute Gasteiger partial charge is 0.191 e. The molecule has 0 saturated carbocycles. The van der Waals surface area contributed by atoms with Crippen molar-refractivity contribution in [3.63, 3.8) is 0 Å². The second kappa shape index (κ2) is 9.32. The third-order valence-electron chi connectivity index (χ3n) is 4.54. The zero-order valence-electron chi connectivity index (χ0n) is 15.8. The van der Waals surface area contributed by atoms with Crippen LogP contribution in [-0.4, -0.2) is 59.3 Å². The van der Waals surface area contributed by atoms with Crippen LogP contribution in [0.2, 0.25) is 0 Å². The van der Waals surface area contributed by atoms with Gasteiger partial charge in [0.15, 0.2) is 15.8 Å². The van der Waals surface area contributed by atoms with Crippen molar-refractivity contribution >= 4 is 15.8 Å². The SMILES string of the molecule is CN=C(NCc1cc(F)ccc1CS(C)(=O)=O)NCC1CCCN(C)C1. The lowest BCUT2D eigenvalue weighted by molar-refractivity contribution is 0.210. The Bertz CT molecular complexity index is 737. The molecular weight excluding hydrogens is 355 g/mol. The fourth-order valence-corrected chi connectivity index (χ4v) is 4.11. The predicted octanol–water partition coefficient (Wildman–Crippen LogP) is 1.38. The van der Waals surface area contributed by atoms with Gasteiger partial charge >= 0.3 is 0 Å². The maximum Gasteiger partial charge on any atom is 0.191 e. The summed E-state index contributed by atoms with van der Waals surface area (Å²) < 4.78 is 36.8. The van der Waals surface area contributed by atoms with Gasteiger partial charge in [0.1, 0.15) is 5.82 Å². The van der Waals surface area contributed by atoms with Crippen molar-refractivity contribution in [1.82, 2.24) is 15.5 Å². The van der Waals surface area contributed by atoms with E-state index in [1.807, 2.05) is 0 Å². The van der Waals surface area contributed by atoms with Crippen LogP contribution in [0.25, 0.3) is 0 Å². The number of piperidine rings is 1. The Morgan fingerprint density at radius 1 is 1.35 bits per heavy atom. The fourth-order valence-electron chi connectivity index (χ4n) is 3.26. The monoisotopic (exact) mass is 384 g/mol. The molecule has 0 amide bonds. The lowest BCUT2D eigenvalue weighted by Crippen LogP contribution is -2.43. The van der Waals surface area contributed by atoms with Crippen molar-refractivity contribution in [3.05, 3.63) is 35.1 Å². The molecule has 1 saturated heterocycles. The molecule has 0 bridgehead atoms. The van der Waals surface area contributed by atoms with Gasteiger partial charge in [0.05, 0.1) is 5.75 Å². The summed E-state index contributed by atoms with van der Waals surface area (Å²) in [5.41, 5.74) is 1.22. The molecule has 146 valence electrons. The first-order valence-electron chi connectivity index (χ1n) is 8.85. The van der Waals surface area contributed by atoms with Crippen molar-refractivity contribution in [2.45, 2.75) is 25.1 Å². The molecule has 0 radical (unpaired) electrons. The number of rotatable bonds is 6. The molecular formula is C18H29FN4O2S. The zero-order chi connectivity index (χ0) is 19.2. The van der Waals surface area contributed by atoms with Crippen LogP contribution in [0.5, 0.6) is 0 Å². The van der Waals surface area contributed by atoms with Gasteiger partial charge in [-0.2, -0.15) is 0 Å². The Hall–Kier alpha value is -1.67. The first kappa shape index (κ1) is 20.6. The number of nitrogens with one attached hydrogen (secondary N) is 2. The van der Waals surface area contributed by atoms with Crippen molar-refractivity contribution in [2.75, 3.05) is 40.0 Å². The molecule has 1 aliphatic heterocycles. The number of hydrogen-bond acceptors (Lipinski definition) is 4. The Labute approximate surface area is 155 Å². The van der Waals surface area contributed by atoms with E-state index in [0.29, 0.717) is 29.5 Å². The summed E-state index contributed by atoms with van der Waals surface area (Å²) in [6, 6.07) is 4.19. The molecule has 1 unspecified atom stereocenters. The molecule has 1 fully saturated rings. The van der Waals surface area contributed by atoms with Crippen LogP contribution in [0, 0.1) is 11.7 Å². The number of aliphatic imine (C=N–C) groups is 1. The van der Waals surface area contributed by atoms with Crippen LogP contribution in [0.1, 0.15) is 24.0 Å². The minimum absolute atomic E-state index is 0.106. The van der Waals surface area contributed by atoms with Crippen LogP contribution >= 0.6 is 0 Å². The summed E-state index contributed by atoms with van der Waals surface area (Å²) in [4.78, 5) is 6.53. The largest absolute Gasteiger partial charge is 0.356 e. The van der Waals surface area contributed by atoms with Gasteiger partial charge in [-0.1, -0.05) is 6.07 Å². The number of halogens is 1. The average Bonchev–Trinajstić information content (AvgIpc) is 2.56. The van der Waals surface area contributed by atoms with Gasteiger partial charge in [0, 0.05) is 32.9 Å². The maximum atomic E-state index is 13.6. The lowest BCUT2D eigenvalue weighted by atomic mass is 9.99. The third-order valence-corrected chi connectivity index (χ3v) is 5.37. The highest BCUT2D eigenvalue weighted by Gasteiger charge is 2.17. The van der Waals surface area contributed by atoms with Gasteiger partial charge in [-0.25, -0.2) is 12.8 Å². The summed E-state index contributed by atoms with van der Waals surface area (Å²) >= 11 is 0. The maximum absolute atomic E-state index is 13.6. The summed E-state index contributed by atoms with van der Waals surface area (Å²) in [6.07, 6.45) is 3.57. The first-order chi connectivity index (χ1) is 12.3. The van der Waals surface area contributed by atoms with Gasteiger partial charge in [0.2, 0.25) is 0 Å². The number of likely N-dealkylation sites (tertiary alicyclic amines) is 1. The number of hydrogen-bond donors (Lipinski definition) is 2.